The summed E-state index contributed by atoms with van der Waals surface area (Å²) >= 11 is 0. The number of fused-ring (bicyclic) bond motifs is 3. The molecule has 4 saturated heterocycles. The lowest BCUT2D eigenvalue weighted by atomic mass is 9.75. The van der Waals surface area contributed by atoms with E-state index in [9.17, 15) is 4.79 Å². The Balaban J connectivity index is 1.38. The molecule has 4 atom stereocenters. The highest BCUT2D eigenvalue weighted by Crippen LogP contribution is 2.38. The average molecular weight is 333 g/mol. The number of hydrogen-bond acceptors (Lipinski definition) is 5. The van der Waals surface area contributed by atoms with Crippen molar-refractivity contribution in [2.75, 3.05) is 33.3 Å². The summed E-state index contributed by atoms with van der Waals surface area (Å²) < 4.78 is 7.03. The molecule has 7 nitrogen and oxygen atoms in total. The van der Waals surface area contributed by atoms with Gasteiger partial charge >= 0.3 is 0 Å². The number of carbonyl (C=O) groups is 1. The van der Waals surface area contributed by atoms with Crippen LogP contribution < -0.4 is 0 Å². The SMILES string of the molecule is COCc1cn(CC2CC3CCN2CC3C(=O)N2CCCC2)nn1. The van der Waals surface area contributed by atoms with Gasteiger partial charge in [-0.25, -0.2) is 0 Å². The molecule has 0 aliphatic carbocycles. The lowest BCUT2D eigenvalue weighted by Crippen LogP contribution is -2.58. The molecule has 4 fully saturated rings. The molecule has 24 heavy (non-hydrogen) atoms. The number of ether oxygens (including phenoxy) is 1. The summed E-state index contributed by atoms with van der Waals surface area (Å²) in [6.45, 7) is 5.32. The molecule has 1 amide bonds. The van der Waals surface area contributed by atoms with Gasteiger partial charge in [0.25, 0.3) is 0 Å². The molecule has 0 radical (unpaired) electrons. The second-order valence-electron chi connectivity index (χ2n) is 7.44. The van der Waals surface area contributed by atoms with Crippen molar-refractivity contribution in [1.29, 1.82) is 0 Å². The van der Waals surface area contributed by atoms with Gasteiger partial charge in [-0.15, -0.1) is 5.10 Å². The highest BCUT2D eigenvalue weighted by Gasteiger charge is 2.44. The maximum atomic E-state index is 12.8. The Bertz CT molecular complexity index is 583. The minimum atomic E-state index is 0.216. The Morgan fingerprint density at radius 1 is 1.33 bits per heavy atom. The highest BCUT2D eigenvalue weighted by atomic mass is 16.5. The first-order valence-electron chi connectivity index (χ1n) is 9.15. The molecule has 7 heteroatoms. The second kappa shape index (κ2) is 6.80. The van der Waals surface area contributed by atoms with Gasteiger partial charge in [0, 0.05) is 32.8 Å². The summed E-state index contributed by atoms with van der Waals surface area (Å²) in [6, 6.07) is 0.475. The van der Waals surface area contributed by atoms with Crippen molar-refractivity contribution in [2.45, 2.75) is 44.9 Å². The van der Waals surface area contributed by atoms with Gasteiger partial charge in [-0.05, 0) is 38.1 Å². The van der Waals surface area contributed by atoms with E-state index in [1.807, 2.05) is 10.9 Å². The predicted octanol–water partition coefficient (Wildman–Crippen LogP) is 0.757. The molecule has 4 aliphatic heterocycles. The number of amides is 1. The zero-order chi connectivity index (χ0) is 16.5. The van der Waals surface area contributed by atoms with E-state index in [0.29, 0.717) is 24.5 Å². The molecule has 4 aliphatic rings. The monoisotopic (exact) mass is 333 g/mol. The van der Waals surface area contributed by atoms with Crippen molar-refractivity contribution in [3.05, 3.63) is 11.9 Å². The van der Waals surface area contributed by atoms with Crippen LogP contribution in [0, 0.1) is 11.8 Å². The van der Waals surface area contributed by atoms with Crippen molar-refractivity contribution < 1.29 is 9.53 Å². The first-order valence-corrected chi connectivity index (χ1v) is 9.15. The van der Waals surface area contributed by atoms with Gasteiger partial charge in [-0.3, -0.25) is 14.4 Å². The number of nitrogens with zero attached hydrogens (tertiary/aromatic N) is 5. The van der Waals surface area contributed by atoms with E-state index in [4.69, 9.17) is 4.74 Å². The van der Waals surface area contributed by atoms with E-state index in [0.717, 1.165) is 51.3 Å². The van der Waals surface area contributed by atoms with Crippen LogP contribution in [0.4, 0.5) is 0 Å². The highest BCUT2D eigenvalue weighted by molar-refractivity contribution is 5.80. The Hall–Kier alpha value is -1.47. The number of piperidine rings is 3. The lowest BCUT2D eigenvalue weighted by Gasteiger charge is -2.49. The topological polar surface area (TPSA) is 63.5 Å². The molecule has 1 aromatic rings. The lowest BCUT2D eigenvalue weighted by molar-refractivity contribution is -0.142. The maximum absolute atomic E-state index is 12.8. The minimum Gasteiger partial charge on any atom is -0.378 e. The number of rotatable bonds is 5. The molecule has 2 bridgehead atoms. The van der Waals surface area contributed by atoms with Crippen molar-refractivity contribution in [2.24, 2.45) is 11.8 Å². The largest absolute Gasteiger partial charge is 0.378 e. The Morgan fingerprint density at radius 2 is 2.17 bits per heavy atom. The molecule has 5 heterocycles. The summed E-state index contributed by atoms with van der Waals surface area (Å²) in [7, 11) is 1.67. The van der Waals surface area contributed by atoms with E-state index >= 15 is 0 Å². The number of hydrogen-bond donors (Lipinski definition) is 0. The van der Waals surface area contributed by atoms with Crippen LogP contribution in [0.2, 0.25) is 0 Å². The van der Waals surface area contributed by atoms with Crippen LogP contribution in [-0.2, 0) is 22.7 Å². The average Bonchev–Trinajstić information content (AvgIpc) is 3.27. The Morgan fingerprint density at radius 3 is 2.88 bits per heavy atom. The third kappa shape index (κ3) is 3.07. The van der Waals surface area contributed by atoms with Gasteiger partial charge < -0.3 is 9.64 Å². The van der Waals surface area contributed by atoms with E-state index in [2.05, 4.69) is 20.1 Å². The van der Waals surface area contributed by atoms with Gasteiger partial charge in [-0.2, -0.15) is 0 Å². The fourth-order valence-corrected chi connectivity index (χ4v) is 4.64. The standard InChI is InChI=1S/C17H27N5O2/c1-24-12-14-9-22(19-18-14)10-15-8-13-4-7-21(15)11-16(13)17(23)20-5-2-3-6-20/h9,13,15-16H,2-8,10-12H2,1H3. The summed E-state index contributed by atoms with van der Waals surface area (Å²) in [5.74, 6) is 1.16. The fraction of sp³-hybridized carbons (Fsp3) is 0.824. The van der Waals surface area contributed by atoms with Gasteiger partial charge in [0.05, 0.1) is 25.3 Å². The van der Waals surface area contributed by atoms with Crippen molar-refractivity contribution >= 4 is 5.91 Å². The molecule has 4 unspecified atom stereocenters. The summed E-state index contributed by atoms with van der Waals surface area (Å²) in [4.78, 5) is 17.4. The quantitative estimate of drug-likeness (QED) is 0.796. The third-order valence-corrected chi connectivity index (χ3v) is 5.89. The molecule has 0 spiro atoms. The van der Waals surface area contributed by atoms with Crippen molar-refractivity contribution in [3.8, 4) is 0 Å². The summed E-state index contributed by atoms with van der Waals surface area (Å²) in [5.41, 5.74) is 0.871. The van der Waals surface area contributed by atoms with E-state index < -0.39 is 0 Å². The number of methoxy groups -OCH3 is 1. The van der Waals surface area contributed by atoms with Crippen molar-refractivity contribution in [1.82, 2.24) is 24.8 Å². The minimum absolute atomic E-state index is 0.216. The van der Waals surface area contributed by atoms with E-state index in [1.165, 1.54) is 12.8 Å². The second-order valence-corrected chi connectivity index (χ2v) is 7.44. The molecule has 132 valence electrons. The van der Waals surface area contributed by atoms with E-state index in [-0.39, 0.29) is 5.92 Å². The molecular weight excluding hydrogens is 306 g/mol. The molecular formula is C17H27N5O2. The zero-order valence-corrected chi connectivity index (χ0v) is 14.4. The van der Waals surface area contributed by atoms with Crippen LogP contribution >= 0.6 is 0 Å². The Kier molecular flexibility index (Phi) is 4.54. The van der Waals surface area contributed by atoms with Crippen LogP contribution in [0.25, 0.3) is 0 Å². The molecule has 0 saturated carbocycles. The molecule has 5 rings (SSSR count). The van der Waals surface area contributed by atoms with Crippen LogP contribution in [0.1, 0.15) is 31.4 Å². The first-order chi connectivity index (χ1) is 11.7. The van der Waals surface area contributed by atoms with Gasteiger partial charge in [0.2, 0.25) is 5.91 Å². The smallest absolute Gasteiger partial charge is 0.227 e. The maximum Gasteiger partial charge on any atom is 0.227 e. The van der Waals surface area contributed by atoms with Crippen molar-refractivity contribution in [3.63, 3.8) is 0 Å². The predicted molar refractivity (Wildman–Crippen MR) is 88.1 cm³/mol. The normalized spacial score (nSPS) is 32.5. The van der Waals surface area contributed by atoms with Gasteiger partial charge in [0.15, 0.2) is 0 Å². The number of carbonyl (C=O) groups excluding carboxylic acids is 1. The van der Waals surface area contributed by atoms with Gasteiger partial charge in [-0.1, -0.05) is 5.21 Å². The molecule has 1 aromatic heterocycles. The fourth-order valence-electron chi connectivity index (χ4n) is 4.64. The van der Waals surface area contributed by atoms with Crippen LogP contribution in [-0.4, -0.2) is 70.0 Å². The number of likely N-dealkylation sites (tertiary alicyclic amines) is 1. The Labute approximate surface area is 142 Å². The first kappa shape index (κ1) is 16.0. The van der Waals surface area contributed by atoms with Crippen LogP contribution in [0.5, 0.6) is 0 Å². The summed E-state index contributed by atoms with van der Waals surface area (Å²) in [5, 5.41) is 8.35. The van der Waals surface area contributed by atoms with Crippen LogP contribution in [0.15, 0.2) is 6.20 Å². The van der Waals surface area contributed by atoms with Crippen LogP contribution in [0.3, 0.4) is 0 Å². The summed E-state index contributed by atoms with van der Waals surface area (Å²) in [6.07, 6.45) is 6.58. The molecule has 0 N–H and O–H groups in total. The molecule has 0 aromatic carbocycles. The zero-order valence-electron chi connectivity index (χ0n) is 14.4. The van der Waals surface area contributed by atoms with E-state index in [1.54, 1.807) is 7.11 Å². The number of aromatic nitrogens is 3. The third-order valence-electron chi connectivity index (χ3n) is 5.89. The van der Waals surface area contributed by atoms with Gasteiger partial charge in [0.1, 0.15) is 5.69 Å².